The minimum atomic E-state index is 0.0295. The predicted octanol–water partition coefficient (Wildman–Crippen LogP) is 0.0574. The Labute approximate surface area is 73.7 Å². The van der Waals surface area contributed by atoms with Crippen LogP contribution in [0, 0.1) is 0 Å². The SMILES string of the molecule is C=C(C)C(COCCOC)NN. The van der Waals surface area contributed by atoms with E-state index in [9.17, 15) is 0 Å². The lowest BCUT2D eigenvalue weighted by Crippen LogP contribution is -2.39. The monoisotopic (exact) mass is 174 g/mol. The number of nitrogens with two attached hydrogens (primary N) is 1. The molecule has 0 aliphatic rings. The Kier molecular flexibility index (Phi) is 6.99. The number of nitrogens with one attached hydrogen (secondary N) is 1. The Morgan fingerprint density at radius 2 is 2.25 bits per heavy atom. The molecule has 12 heavy (non-hydrogen) atoms. The third-order valence-electron chi connectivity index (χ3n) is 1.51. The molecule has 4 heteroatoms. The smallest absolute Gasteiger partial charge is 0.0701 e. The Bertz CT molecular complexity index is 128. The lowest BCUT2D eigenvalue weighted by molar-refractivity contribution is 0.0632. The molecule has 0 radical (unpaired) electrons. The predicted molar refractivity (Wildman–Crippen MR) is 48.6 cm³/mol. The molecule has 0 saturated heterocycles. The summed E-state index contributed by atoms with van der Waals surface area (Å²) in [7, 11) is 1.64. The van der Waals surface area contributed by atoms with E-state index in [-0.39, 0.29) is 6.04 Å². The van der Waals surface area contributed by atoms with E-state index in [2.05, 4.69) is 12.0 Å². The van der Waals surface area contributed by atoms with E-state index in [1.165, 1.54) is 0 Å². The molecule has 0 spiro atoms. The number of methoxy groups -OCH3 is 1. The summed E-state index contributed by atoms with van der Waals surface area (Å²) in [6.45, 7) is 7.41. The molecule has 0 aromatic rings. The third-order valence-corrected chi connectivity index (χ3v) is 1.51. The summed E-state index contributed by atoms with van der Waals surface area (Å²) in [6.07, 6.45) is 0. The fourth-order valence-corrected chi connectivity index (χ4v) is 0.676. The first-order valence-electron chi connectivity index (χ1n) is 3.90. The Hall–Kier alpha value is -0.420. The van der Waals surface area contributed by atoms with E-state index in [0.717, 1.165) is 5.57 Å². The summed E-state index contributed by atoms with van der Waals surface area (Å²) in [5, 5.41) is 0. The standard InChI is InChI=1S/C8H18N2O2/c1-7(2)8(10-9)6-12-5-4-11-3/h8,10H,1,4-6,9H2,2-3H3. The number of rotatable bonds is 7. The van der Waals surface area contributed by atoms with Gasteiger partial charge in [0.15, 0.2) is 0 Å². The first-order chi connectivity index (χ1) is 5.72. The van der Waals surface area contributed by atoms with Crippen molar-refractivity contribution in [3.8, 4) is 0 Å². The van der Waals surface area contributed by atoms with Crippen molar-refractivity contribution in [3.63, 3.8) is 0 Å². The zero-order valence-electron chi connectivity index (χ0n) is 7.80. The normalized spacial score (nSPS) is 12.9. The lowest BCUT2D eigenvalue weighted by atomic mass is 10.2. The van der Waals surface area contributed by atoms with Gasteiger partial charge >= 0.3 is 0 Å². The topological polar surface area (TPSA) is 56.5 Å². The van der Waals surface area contributed by atoms with Crippen molar-refractivity contribution in [2.45, 2.75) is 13.0 Å². The first-order valence-corrected chi connectivity index (χ1v) is 3.90. The zero-order valence-corrected chi connectivity index (χ0v) is 7.80. The van der Waals surface area contributed by atoms with Gasteiger partial charge in [-0.1, -0.05) is 12.2 Å². The number of ether oxygens (including phenoxy) is 2. The maximum absolute atomic E-state index is 5.27. The largest absolute Gasteiger partial charge is 0.382 e. The van der Waals surface area contributed by atoms with Crippen LogP contribution in [0.1, 0.15) is 6.92 Å². The summed E-state index contributed by atoms with van der Waals surface area (Å²) >= 11 is 0. The van der Waals surface area contributed by atoms with Gasteiger partial charge in [0.25, 0.3) is 0 Å². The van der Waals surface area contributed by atoms with Crippen molar-refractivity contribution >= 4 is 0 Å². The molecule has 0 aliphatic carbocycles. The van der Waals surface area contributed by atoms with Crippen LogP contribution in [0.4, 0.5) is 0 Å². The van der Waals surface area contributed by atoms with Crippen LogP contribution < -0.4 is 11.3 Å². The molecule has 0 aliphatic heterocycles. The molecule has 0 saturated carbocycles. The molecule has 0 aromatic carbocycles. The molecule has 1 unspecified atom stereocenters. The van der Waals surface area contributed by atoms with Gasteiger partial charge in [0.05, 0.1) is 25.9 Å². The molecular formula is C8H18N2O2. The van der Waals surface area contributed by atoms with Crippen molar-refractivity contribution in [1.29, 1.82) is 0 Å². The van der Waals surface area contributed by atoms with Gasteiger partial charge in [-0.2, -0.15) is 0 Å². The second-order valence-corrected chi connectivity index (χ2v) is 2.63. The maximum Gasteiger partial charge on any atom is 0.0701 e. The van der Waals surface area contributed by atoms with Crippen LogP contribution in [0.25, 0.3) is 0 Å². The van der Waals surface area contributed by atoms with E-state index in [1.54, 1.807) is 7.11 Å². The Morgan fingerprint density at radius 1 is 1.58 bits per heavy atom. The van der Waals surface area contributed by atoms with E-state index < -0.39 is 0 Å². The van der Waals surface area contributed by atoms with Gasteiger partial charge in [0, 0.05) is 7.11 Å². The number of hydrogen-bond donors (Lipinski definition) is 2. The molecule has 3 N–H and O–H groups in total. The van der Waals surface area contributed by atoms with Gasteiger partial charge in [-0.3, -0.25) is 11.3 Å². The van der Waals surface area contributed by atoms with Crippen LogP contribution in [-0.4, -0.2) is 33.0 Å². The molecule has 0 amide bonds. The third kappa shape index (κ3) is 5.26. The van der Waals surface area contributed by atoms with Crippen LogP contribution in [0.15, 0.2) is 12.2 Å². The summed E-state index contributed by atoms with van der Waals surface area (Å²) in [4.78, 5) is 0. The highest BCUT2D eigenvalue weighted by atomic mass is 16.5. The van der Waals surface area contributed by atoms with E-state index in [4.69, 9.17) is 15.3 Å². The maximum atomic E-state index is 5.27. The summed E-state index contributed by atoms with van der Waals surface area (Å²) in [5.74, 6) is 5.27. The van der Waals surface area contributed by atoms with Crippen molar-refractivity contribution < 1.29 is 9.47 Å². The molecular weight excluding hydrogens is 156 g/mol. The highest BCUT2D eigenvalue weighted by Gasteiger charge is 2.05. The Morgan fingerprint density at radius 3 is 2.67 bits per heavy atom. The summed E-state index contributed by atoms with van der Waals surface area (Å²) in [5.41, 5.74) is 3.58. The Balaban J connectivity index is 3.38. The van der Waals surface area contributed by atoms with Crippen molar-refractivity contribution in [2.24, 2.45) is 5.84 Å². The van der Waals surface area contributed by atoms with Crippen molar-refractivity contribution in [1.82, 2.24) is 5.43 Å². The second kappa shape index (κ2) is 7.24. The fourth-order valence-electron chi connectivity index (χ4n) is 0.676. The molecule has 1 atom stereocenters. The van der Waals surface area contributed by atoms with Gasteiger partial charge in [0.2, 0.25) is 0 Å². The highest BCUT2D eigenvalue weighted by Crippen LogP contribution is 1.96. The number of hydrazine groups is 1. The van der Waals surface area contributed by atoms with Gasteiger partial charge in [-0.05, 0) is 6.92 Å². The fraction of sp³-hybridized carbons (Fsp3) is 0.750. The quantitative estimate of drug-likeness (QED) is 0.248. The molecule has 0 rings (SSSR count). The first kappa shape index (κ1) is 11.6. The van der Waals surface area contributed by atoms with Crippen LogP contribution in [0.3, 0.4) is 0 Å². The molecule has 0 fully saturated rings. The molecule has 4 nitrogen and oxygen atoms in total. The van der Waals surface area contributed by atoms with Gasteiger partial charge < -0.3 is 9.47 Å². The molecule has 0 aromatic heterocycles. The van der Waals surface area contributed by atoms with Crippen LogP contribution in [0.2, 0.25) is 0 Å². The van der Waals surface area contributed by atoms with Gasteiger partial charge in [-0.25, -0.2) is 0 Å². The average molecular weight is 174 g/mol. The van der Waals surface area contributed by atoms with Crippen molar-refractivity contribution in [3.05, 3.63) is 12.2 Å². The van der Waals surface area contributed by atoms with Crippen molar-refractivity contribution in [2.75, 3.05) is 26.9 Å². The molecule has 0 bridgehead atoms. The lowest BCUT2D eigenvalue weighted by Gasteiger charge is -2.15. The average Bonchev–Trinajstić information content (AvgIpc) is 2.04. The molecule has 72 valence electrons. The zero-order chi connectivity index (χ0) is 9.40. The number of hydrogen-bond acceptors (Lipinski definition) is 4. The van der Waals surface area contributed by atoms with Gasteiger partial charge in [0.1, 0.15) is 0 Å². The summed E-state index contributed by atoms with van der Waals surface area (Å²) < 4.78 is 10.1. The summed E-state index contributed by atoms with van der Waals surface area (Å²) in [6, 6.07) is 0.0295. The van der Waals surface area contributed by atoms with E-state index in [1.807, 2.05) is 6.92 Å². The van der Waals surface area contributed by atoms with Gasteiger partial charge in [-0.15, -0.1) is 0 Å². The minimum Gasteiger partial charge on any atom is -0.382 e. The highest BCUT2D eigenvalue weighted by molar-refractivity contribution is 5.00. The molecule has 0 heterocycles. The van der Waals surface area contributed by atoms with Crippen LogP contribution >= 0.6 is 0 Å². The van der Waals surface area contributed by atoms with Crippen LogP contribution in [-0.2, 0) is 9.47 Å². The van der Waals surface area contributed by atoms with E-state index >= 15 is 0 Å². The van der Waals surface area contributed by atoms with E-state index in [0.29, 0.717) is 19.8 Å². The minimum absolute atomic E-state index is 0.0295. The second-order valence-electron chi connectivity index (χ2n) is 2.63. The van der Waals surface area contributed by atoms with Crippen LogP contribution in [0.5, 0.6) is 0 Å².